The molecule has 114 valence electrons. The highest BCUT2D eigenvalue weighted by atomic mass is 32.2. The zero-order valence-electron chi connectivity index (χ0n) is 12.3. The Kier molecular flexibility index (Phi) is 5.70. The second-order valence-electron chi connectivity index (χ2n) is 5.63. The van der Waals surface area contributed by atoms with Crippen LogP contribution in [-0.2, 0) is 19.0 Å². The van der Waals surface area contributed by atoms with Crippen LogP contribution in [0.25, 0.3) is 0 Å². The lowest BCUT2D eigenvalue weighted by atomic mass is 10.2. The Hall–Kier alpha value is -0.950. The van der Waals surface area contributed by atoms with Crippen LogP contribution in [0.2, 0.25) is 0 Å². The van der Waals surface area contributed by atoms with Crippen molar-refractivity contribution in [2.75, 3.05) is 13.2 Å². The molecule has 0 aromatic heterocycles. The van der Waals surface area contributed by atoms with Crippen molar-refractivity contribution in [2.24, 2.45) is 0 Å². The molecule has 20 heavy (non-hydrogen) atoms. The van der Waals surface area contributed by atoms with Crippen LogP contribution >= 0.6 is 0 Å². The largest absolute Gasteiger partial charge is 0.388 e. The summed E-state index contributed by atoms with van der Waals surface area (Å²) in [6.07, 6.45) is -0.991. The van der Waals surface area contributed by atoms with E-state index in [1.165, 1.54) is 12.1 Å². The minimum Gasteiger partial charge on any atom is -0.388 e. The molecule has 0 amide bonds. The zero-order chi connectivity index (χ0) is 15.4. The standard InChI is InChI=1S/C14H22O5S/c1-11-5-7-13(8-6-11)20(16,17)19-10-12(15)9-18-14(2,3)4/h5-8,12,15H,9-10H2,1-4H3/t12-/m0/s1. The third-order valence-electron chi connectivity index (χ3n) is 2.43. The molecule has 1 atom stereocenters. The Morgan fingerprint density at radius 1 is 1.15 bits per heavy atom. The molecule has 1 aromatic rings. The maximum atomic E-state index is 11.9. The van der Waals surface area contributed by atoms with E-state index < -0.39 is 21.8 Å². The summed E-state index contributed by atoms with van der Waals surface area (Å²) in [6.45, 7) is 7.11. The van der Waals surface area contributed by atoms with Crippen molar-refractivity contribution in [3.8, 4) is 0 Å². The molecular weight excluding hydrogens is 280 g/mol. The molecule has 6 heteroatoms. The fraction of sp³-hybridized carbons (Fsp3) is 0.571. The van der Waals surface area contributed by atoms with Crippen molar-refractivity contribution in [1.29, 1.82) is 0 Å². The average molecular weight is 302 g/mol. The summed E-state index contributed by atoms with van der Waals surface area (Å²) in [6, 6.07) is 6.33. The van der Waals surface area contributed by atoms with Gasteiger partial charge in [0.2, 0.25) is 0 Å². The van der Waals surface area contributed by atoms with E-state index in [0.717, 1.165) is 5.56 Å². The lowest BCUT2D eigenvalue weighted by Crippen LogP contribution is -2.29. The van der Waals surface area contributed by atoms with Crippen molar-refractivity contribution >= 4 is 10.1 Å². The van der Waals surface area contributed by atoms with E-state index in [1.54, 1.807) is 12.1 Å². The molecule has 0 heterocycles. The first-order valence-electron chi connectivity index (χ1n) is 6.38. The van der Waals surface area contributed by atoms with Crippen molar-refractivity contribution in [3.63, 3.8) is 0 Å². The molecule has 0 saturated heterocycles. The monoisotopic (exact) mass is 302 g/mol. The number of hydrogen-bond acceptors (Lipinski definition) is 5. The fourth-order valence-electron chi connectivity index (χ4n) is 1.34. The second-order valence-corrected chi connectivity index (χ2v) is 7.24. The van der Waals surface area contributed by atoms with E-state index in [0.29, 0.717) is 0 Å². The predicted molar refractivity (Wildman–Crippen MR) is 76.0 cm³/mol. The Morgan fingerprint density at radius 3 is 2.20 bits per heavy atom. The maximum absolute atomic E-state index is 11.9. The van der Waals surface area contributed by atoms with Crippen LogP contribution in [0, 0.1) is 6.92 Å². The first-order valence-corrected chi connectivity index (χ1v) is 7.79. The van der Waals surface area contributed by atoms with E-state index in [1.807, 2.05) is 27.7 Å². The van der Waals surface area contributed by atoms with Crippen molar-refractivity contribution in [3.05, 3.63) is 29.8 Å². The fourth-order valence-corrected chi connectivity index (χ4v) is 2.28. The summed E-state index contributed by atoms with van der Waals surface area (Å²) in [7, 11) is -3.84. The number of rotatable bonds is 6. The Morgan fingerprint density at radius 2 is 1.70 bits per heavy atom. The highest BCUT2D eigenvalue weighted by molar-refractivity contribution is 7.86. The van der Waals surface area contributed by atoms with Gasteiger partial charge < -0.3 is 9.84 Å². The van der Waals surface area contributed by atoms with Gasteiger partial charge in [0.15, 0.2) is 0 Å². The summed E-state index contributed by atoms with van der Waals surface area (Å²) in [5.74, 6) is 0. The van der Waals surface area contributed by atoms with Crippen LogP contribution in [0.1, 0.15) is 26.3 Å². The predicted octanol–water partition coefficient (Wildman–Crippen LogP) is 1.88. The molecule has 0 aliphatic heterocycles. The van der Waals surface area contributed by atoms with Crippen LogP contribution in [0.4, 0.5) is 0 Å². The molecule has 1 aromatic carbocycles. The smallest absolute Gasteiger partial charge is 0.297 e. The van der Waals surface area contributed by atoms with Crippen molar-refractivity contribution in [1.82, 2.24) is 0 Å². The summed E-state index contributed by atoms with van der Waals surface area (Å²) in [5, 5.41) is 9.65. The van der Waals surface area contributed by atoms with Gasteiger partial charge in [-0.3, -0.25) is 4.18 Å². The molecule has 0 aliphatic rings. The van der Waals surface area contributed by atoms with Gasteiger partial charge in [-0.2, -0.15) is 8.42 Å². The number of ether oxygens (including phenoxy) is 1. The molecular formula is C14H22O5S. The van der Waals surface area contributed by atoms with E-state index in [4.69, 9.17) is 8.92 Å². The molecule has 0 aliphatic carbocycles. The normalized spacial score (nSPS) is 14.2. The van der Waals surface area contributed by atoms with Gasteiger partial charge >= 0.3 is 0 Å². The van der Waals surface area contributed by atoms with E-state index in [9.17, 15) is 13.5 Å². The number of benzene rings is 1. The quantitative estimate of drug-likeness (QED) is 0.812. The van der Waals surface area contributed by atoms with Crippen molar-refractivity contribution < 1.29 is 22.4 Å². The van der Waals surface area contributed by atoms with Gasteiger partial charge in [0, 0.05) is 0 Å². The van der Waals surface area contributed by atoms with Gasteiger partial charge in [-0.1, -0.05) is 17.7 Å². The Bertz CT molecular complexity index is 513. The molecule has 0 fully saturated rings. The van der Waals surface area contributed by atoms with Crippen molar-refractivity contribution in [2.45, 2.75) is 44.3 Å². The maximum Gasteiger partial charge on any atom is 0.297 e. The highest BCUT2D eigenvalue weighted by Crippen LogP contribution is 2.14. The molecule has 0 saturated carbocycles. The first kappa shape index (κ1) is 17.1. The third-order valence-corrected chi connectivity index (χ3v) is 3.73. The van der Waals surface area contributed by atoms with E-state index >= 15 is 0 Å². The summed E-state index contributed by atoms with van der Waals surface area (Å²) in [4.78, 5) is 0.0760. The van der Waals surface area contributed by atoms with E-state index in [-0.39, 0.29) is 18.1 Å². The third kappa shape index (κ3) is 6.00. The van der Waals surface area contributed by atoms with Crippen LogP contribution in [0.15, 0.2) is 29.2 Å². The molecule has 0 radical (unpaired) electrons. The average Bonchev–Trinajstić information content (AvgIpc) is 2.34. The summed E-state index contributed by atoms with van der Waals surface area (Å²) >= 11 is 0. The van der Waals surface area contributed by atoms with Gasteiger partial charge in [-0.25, -0.2) is 0 Å². The van der Waals surface area contributed by atoms with Crippen LogP contribution in [0.3, 0.4) is 0 Å². The van der Waals surface area contributed by atoms with E-state index in [2.05, 4.69) is 0 Å². The summed E-state index contributed by atoms with van der Waals surface area (Å²) in [5.41, 5.74) is 0.569. The topological polar surface area (TPSA) is 72.8 Å². The number of aliphatic hydroxyl groups is 1. The van der Waals surface area contributed by atoms with Gasteiger partial charge in [-0.15, -0.1) is 0 Å². The van der Waals surface area contributed by atoms with Gasteiger partial charge in [0.25, 0.3) is 10.1 Å². The van der Waals surface area contributed by atoms with Crippen LogP contribution < -0.4 is 0 Å². The molecule has 1 N–H and O–H groups in total. The number of aliphatic hydroxyl groups excluding tert-OH is 1. The summed E-state index contributed by atoms with van der Waals surface area (Å²) < 4.78 is 33.9. The second kappa shape index (κ2) is 6.67. The Labute approximate surface area is 120 Å². The van der Waals surface area contributed by atoms with Gasteiger partial charge in [-0.05, 0) is 39.8 Å². The molecule has 1 rings (SSSR count). The first-order chi connectivity index (χ1) is 9.10. The minimum absolute atomic E-state index is 0.0208. The SMILES string of the molecule is Cc1ccc(S(=O)(=O)OC[C@@H](O)COC(C)(C)C)cc1. The highest BCUT2D eigenvalue weighted by Gasteiger charge is 2.19. The van der Waals surface area contributed by atoms with Crippen LogP contribution in [0.5, 0.6) is 0 Å². The number of hydrogen-bond donors (Lipinski definition) is 1. The van der Waals surface area contributed by atoms with Gasteiger partial charge in [0.1, 0.15) is 6.10 Å². The molecule has 0 unspecified atom stereocenters. The van der Waals surface area contributed by atoms with Gasteiger partial charge in [0.05, 0.1) is 23.7 Å². The molecule has 0 bridgehead atoms. The minimum atomic E-state index is -3.84. The lowest BCUT2D eigenvalue weighted by Gasteiger charge is -2.21. The molecule has 0 spiro atoms. The zero-order valence-corrected chi connectivity index (χ0v) is 13.1. The molecule has 5 nitrogen and oxygen atoms in total. The number of aryl methyl sites for hydroxylation is 1. The lowest BCUT2D eigenvalue weighted by molar-refractivity contribution is -0.0580. The van der Waals surface area contributed by atoms with Crippen LogP contribution in [-0.4, -0.2) is 38.4 Å². The Balaban J connectivity index is 2.53.